The molecular weight excluding hydrogens is 280 g/mol. The first kappa shape index (κ1) is 13.8. The minimum Gasteiger partial charge on any atom is -0.228 e. The minimum absolute atomic E-state index is 0.0761. The highest BCUT2D eigenvalue weighted by Crippen LogP contribution is 2.18. The van der Waals surface area contributed by atoms with E-state index in [0.717, 1.165) is 21.9 Å². The molecule has 106 valence electrons. The molecule has 0 heterocycles. The molecule has 3 aromatic rings. The maximum atomic E-state index is 12.3. The first-order valence-corrected chi connectivity index (χ1v) is 8.67. The van der Waals surface area contributed by atoms with E-state index in [1.165, 1.54) is 0 Å². The molecule has 21 heavy (non-hydrogen) atoms. The van der Waals surface area contributed by atoms with Crippen LogP contribution in [0.5, 0.6) is 0 Å². The maximum absolute atomic E-state index is 12.3. The largest absolute Gasteiger partial charge is 0.228 e. The summed E-state index contributed by atoms with van der Waals surface area (Å²) in [5.41, 5.74) is 1.67. The lowest BCUT2D eigenvalue weighted by molar-refractivity contribution is 0.594. The number of benzene rings is 3. The number of rotatable bonds is 4. The summed E-state index contributed by atoms with van der Waals surface area (Å²) in [4.78, 5) is 0. The average molecular weight is 296 g/mol. The lowest BCUT2D eigenvalue weighted by Crippen LogP contribution is -2.07. The van der Waals surface area contributed by atoms with E-state index in [9.17, 15) is 8.42 Å². The van der Waals surface area contributed by atoms with Crippen molar-refractivity contribution in [3.8, 4) is 0 Å². The maximum Gasteiger partial charge on any atom is 0.158 e. The highest BCUT2D eigenvalue weighted by Gasteiger charge is 2.13. The van der Waals surface area contributed by atoms with E-state index in [-0.39, 0.29) is 11.5 Å². The summed E-state index contributed by atoms with van der Waals surface area (Å²) >= 11 is 0. The highest BCUT2D eigenvalue weighted by molar-refractivity contribution is 7.89. The molecule has 0 saturated carbocycles. The van der Waals surface area contributed by atoms with E-state index in [4.69, 9.17) is 0 Å². The highest BCUT2D eigenvalue weighted by atomic mass is 32.2. The van der Waals surface area contributed by atoms with Crippen LogP contribution >= 0.6 is 0 Å². The van der Waals surface area contributed by atoms with E-state index in [0.29, 0.717) is 0 Å². The monoisotopic (exact) mass is 296 g/mol. The van der Waals surface area contributed by atoms with Crippen LogP contribution in [0.3, 0.4) is 0 Å². The van der Waals surface area contributed by atoms with Gasteiger partial charge in [0.15, 0.2) is 9.84 Å². The SMILES string of the molecule is O=S(=O)(Cc1ccccc1)Cc1ccc2ccccc2c1. The van der Waals surface area contributed by atoms with Gasteiger partial charge in [-0.3, -0.25) is 0 Å². The number of hydrogen-bond acceptors (Lipinski definition) is 2. The molecule has 0 spiro atoms. The summed E-state index contributed by atoms with van der Waals surface area (Å²) < 4.78 is 24.6. The van der Waals surface area contributed by atoms with Gasteiger partial charge >= 0.3 is 0 Å². The molecule has 3 rings (SSSR count). The van der Waals surface area contributed by atoms with Crippen LogP contribution in [0.1, 0.15) is 11.1 Å². The Labute approximate surface area is 125 Å². The summed E-state index contributed by atoms with van der Waals surface area (Å²) in [5, 5.41) is 2.20. The number of sulfone groups is 1. The summed E-state index contributed by atoms with van der Waals surface area (Å²) in [6.07, 6.45) is 0. The van der Waals surface area contributed by atoms with Gasteiger partial charge in [-0.1, -0.05) is 72.8 Å². The summed E-state index contributed by atoms with van der Waals surface area (Å²) in [6.45, 7) is 0. The predicted molar refractivity (Wildman–Crippen MR) is 86.7 cm³/mol. The molecule has 0 bridgehead atoms. The van der Waals surface area contributed by atoms with Gasteiger partial charge in [0.05, 0.1) is 11.5 Å². The van der Waals surface area contributed by atoms with Crippen molar-refractivity contribution in [3.05, 3.63) is 83.9 Å². The lowest BCUT2D eigenvalue weighted by atomic mass is 10.1. The summed E-state index contributed by atoms with van der Waals surface area (Å²) in [6, 6.07) is 23.1. The zero-order valence-electron chi connectivity index (χ0n) is 11.6. The van der Waals surface area contributed by atoms with Gasteiger partial charge in [-0.05, 0) is 21.9 Å². The molecule has 0 aromatic heterocycles. The molecule has 3 aromatic carbocycles. The Balaban J connectivity index is 1.83. The third kappa shape index (κ3) is 3.50. The van der Waals surface area contributed by atoms with Gasteiger partial charge in [-0.2, -0.15) is 0 Å². The van der Waals surface area contributed by atoms with Crippen LogP contribution in [-0.4, -0.2) is 8.42 Å². The van der Waals surface area contributed by atoms with Crippen molar-refractivity contribution in [1.29, 1.82) is 0 Å². The topological polar surface area (TPSA) is 34.1 Å². The standard InChI is InChI=1S/C18H16O2S/c19-21(20,13-15-6-2-1-3-7-15)14-16-10-11-17-8-4-5-9-18(17)12-16/h1-12H,13-14H2. The van der Waals surface area contributed by atoms with Gasteiger partial charge in [0, 0.05) is 0 Å². The predicted octanol–water partition coefficient (Wildman–Crippen LogP) is 3.95. The third-order valence-electron chi connectivity index (χ3n) is 3.43. The van der Waals surface area contributed by atoms with Gasteiger partial charge in [-0.15, -0.1) is 0 Å². The molecule has 0 fully saturated rings. The molecule has 0 N–H and O–H groups in total. The fourth-order valence-corrected chi connectivity index (χ4v) is 3.95. The summed E-state index contributed by atoms with van der Waals surface area (Å²) in [5.74, 6) is 0.160. The Morgan fingerprint density at radius 1 is 0.619 bits per heavy atom. The van der Waals surface area contributed by atoms with Gasteiger partial charge in [-0.25, -0.2) is 8.42 Å². The second-order valence-electron chi connectivity index (χ2n) is 5.20. The smallest absolute Gasteiger partial charge is 0.158 e. The van der Waals surface area contributed by atoms with Crippen molar-refractivity contribution in [3.63, 3.8) is 0 Å². The van der Waals surface area contributed by atoms with Gasteiger partial charge in [0.2, 0.25) is 0 Å². The first-order valence-electron chi connectivity index (χ1n) is 6.84. The molecule has 0 unspecified atom stereocenters. The van der Waals surface area contributed by atoms with E-state index < -0.39 is 9.84 Å². The van der Waals surface area contributed by atoms with Crippen molar-refractivity contribution in [2.45, 2.75) is 11.5 Å². The molecule has 3 heteroatoms. The van der Waals surface area contributed by atoms with Crippen LogP contribution in [0, 0.1) is 0 Å². The molecular formula is C18H16O2S. The van der Waals surface area contributed by atoms with E-state index in [1.54, 1.807) is 0 Å². The Bertz CT molecular complexity index is 853. The normalized spacial score (nSPS) is 11.6. The van der Waals surface area contributed by atoms with Crippen LogP contribution in [0.25, 0.3) is 10.8 Å². The fraction of sp³-hybridized carbons (Fsp3) is 0.111. The van der Waals surface area contributed by atoms with Crippen LogP contribution in [0.4, 0.5) is 0 Å². The van der Waals surface area contributed by atoms with Crippen LogP contribution in [0.2, 0.25) is 0 Å². The van der Waals surface area contributed by atoms with Gasteiger partial charge in [0.1, 0.15) is 0 Å². The van der Waals surface area contributed by atoms with Crippen molar-refractivity contribution in [1.82, 2.24) is 0 Å². The molecule has 0 aliphatic rings. The number of fused-ring (bicyclic) bond motifs is 1. The lowest BCUT2D eigenvalue weighted by Gasteiger charge is -2.06. The van der Waals surface area contributed by atoms with Crippen molar-refractivity contribution in [2.24, 2.45) is 0 Å². The fourth-order valence-electron chi connectivity index (χ4n) is 2.46. The van der Waals surface area contributed by atoms with Gasteiger partial charge in [0.25, 0.3) is 0 Å². The second-order valence-corrected chi connectivity index (χ2v) is 7.26. The first-order chi connectivity index (χ1) is 10.1. The average Bonchev–Trinajstić information content (AvgIpc) is 2.47. The molecule has 0 aliphatic heterocycles. The quantitative estimate of drug-likeness (QED) is 0.730. The molecule has 0 aliphatic carbocycles. The Morgan fingerprint density at radius 3 is 2.00 bits per heavy atom. The van der Waals surface area contributed by atoms with Gasteiger partial charge < -0.3 is 0 Å². The molecule has 0 amide bonds. The minimum atomic E-state index is -3.16. The zero-order valence-corrected chi connectivity index (χ0v) is 12.4. The third-order valence-corrected chi connectivity index (χ3v) is 4.98. The Kier molecular flexibility index (Phi) is 3.76. The summed E-state index contributed by atoms with van der Waals surface area (Å²) in [7, 11) is -3.16. The van der Waals surface area contributed by atoms with Crippen molar-refractivity contribution < 1.29 is 8.42 Å². The van der Waals surface area contributed by atoms with Crippen molar-refractivity contribution in [2.75, 3.05) is 0 Å². The molecule has 0 atom stereocenters. The van der Waals surface area contributed by atoms with E-state index >= 15 is 0 Å². The number of hydrogen-bond donors (Lipinski definition) is 0. The van der Waals surface area contributed by atoms with Crippen LogP contribution in [0.15, 0.2) is 72.8 Å². The second kappa shape index (κ2) is 5.70. The van der Waals surface area contributed by atoms with Crippen molar-refractivity contribution >= 4 is 20.6 Å². The molecule has 0 saturated heterocycles. The Hall–Kier alpha value is -2.13. The van der Waals surface area contributed by atoms with E-state index in [2.05, 4.69) is 0 Å². The molecule has 0 radical (unpaired) electrons. The van der Waals surface area contributed by atoms with E-state index in [1.807, 2.05) is 72.8 Å². The Morgan fingerprint density at radius 2 is 1.24 bits per heavy atom. The van der Waals surface area contributed by atoms with Crippen LogP contribution in [-0.2, 0) is 21.3 Å². The molecule has 2 nitrogen and oxygen atoms in total. The van der Waals surface area contributed by atoms with Crippen LogP contribution < -0.4 is 0 Å². The zero-order chi connectivity index (χ0) is 14.7.